The summed E-state index contributed by atoms with van der Waals surface area (Å²) in [5.41, 5.74) is 1.03. The largest absolute Gasteiger partial charge is 0.396 e. The van der Waals surface area contributed by atoms with Crippen molar-refractivity contribution in [2.24, 2.45) is 5.41 Å². The third kappa shape index (κ3) is 4.29. The van der Waals surface area contributed by atoms with Gasteiger partial charge < -0.3 is 5.11 Å². The van der Waals surface area contributed by atoms with Gasteiger partial charge in [0, 0.05) is 31.3 Å². The van der Waals surface area contributed by atoms with Gasteiger partial charge in [-0.05, 0) is 18.7 Å². The van der Waals surface area contributed by atoms with Crippen LogP contribution in [0.3, 0.4) is 0 Å². The third-order valence-electron chi connectivity index (χ3n) is 2.64. The molecule has 0 aromatic carbocycles. The van der Waals surface area contributed by atoms with Crippen LogP contribution in [0.25, 0.3) is 0 Å². The zero-order valence-corrected chi connectivity index (χ0v) is 10.5. The summed E-state index contributed by atoms with van der Waals surface area (Å²) >= 11 is 0. The van der Waals surface area contributed by atoms with Gasteiger partial charge in [0.05, 0.1) is 5.69 Å². The highest BCUT2D eigenvalue weighted by molar-refractivity contribution is 5.03. The van der Waals surface area contributed by atoms with E-state index in [2.05, 4.69) is 30.7 Å². The lowest BCUT2D eigenvalue weighted by Gasteiger charge is -2.30. The highest BCUT2D eigenvalue weighted by Gasteiger charge is 2.20. The number of hydrogen-bond donors (Lipinski definition) is 1. The zero-order valence-electron chi connectivity index (χ0n) is 10.5. The van der Waals surface area contributed by atoms with Gasteiger partial charge in [-0.2, -0.15) is 0 Å². The fourth-order valence-corrected chi connectivity index (χ4v) is 1.66. The van der Waals surface area contributed by atoms with Gasteiger partial charge in [-0.1, -0.05) is 26.8 Å². The maximum absolute atomic E-state index is 9.26. The number of pyridine rings is 1. The minimum absolute atomic E-state index is 0.0508. The maximum Gasteiger partial charge on any atom is 0.0543 e. The average Bonchev–Trinajstić information content (AvgIpc) is 2.29. The molecule has 0 aliphatic rings. The zero-order chi connectivity index (χ0) is 12.0. The Balaban J connectivity index is 2.56. The Hall–Kier alpha value is -0.930. The van der Waals surface area contributed by atoms with E-state index in [0.717, 1.165) is 25.3 Å². The van der Waals surface area contributed by atoms with Gasteiger partial charge in [0.1, 0.15) is 0 Å². The summed E-state index contributed by atoms with van der Waals surface area (Å²) in [4.78, 5) is 6.62. The molecule has 90 valence electrons. The summed E-state index contributed by atoms with van der Waals surface area (Å²) in [6, 6.07) is 5.97. The highest BCUT2D eigenvalue weighted by Crippen LogP contribution is 2.16. The van der Waals surface area contributed by atoms with E-state index in [1.807, 2.05) is 24.4 Å². The minimum Gasteiger partial charge on any atom is -0.396 e. The summed E-state index contributed by atoms with van der Waals surface area (Å²) in [6.07, 6.45) is 1.82. The topological polar surface area (TPSA) is 36.4 Å². The summed E-state index contributed by atoms with van der Waals surface area (Å²) in [6.45, 7) is 9.21. The first kappa shape index (κ1) is 13.1. The van der Waals surface area contributed by atoms with E-state index < -0.39 is 0 Å². The Morgan fingerprint density at radius 3 is 2.62 bits per heavy atom. The van der Waals surface area contributed by atoms with Crippen LogP contribution in [0.2, 0.25) is 0 Å². The molecule has 0 saturated carbocycles. The molecule has 1 aromatic rings. The minimum atomic E-state index is -0.0508. The van der Waals surface area contributed by atoms with Crippen molar-refractivity contribution in [2.75, 3.05) is 19.7 Å². The molecule has 1 aromatic heterocycles. The first-order valence-electron chi connectivity index (χ1n) is 5.80. The number of hydrogen-bond acceptors (Lipinski definition) is 3. The summed E-state index contributed by atoms with van der Waals surface area (Å²) in [7, 11) is 0. The lowest BCUT2D eigenvalue weighted by molar-refractivity contribution is 0.101. The number of rotatable bonds is 6. The lowest BCUT2D eigenvalue weighted by Crippen LogP contribution is -2.36. The lowest BCUT2D eigenvalue weighted by atomic mass is 9.94. The van der Waals surface area contributed by atoms with Crippen molar-refractivity contribution in [3.05, 3.63) is 30.1 Å². The van der Waals surface area contributed by atoms with Gasteiger partial charge >= 0.3 is 0 Å². The molecule has 3 heteroatoms. The van der Waals surface area contributed by atoms with Gasteiger partial charge in [0.2, 0.25) is 0 Å². The SMILES string of the molecule is CCN(Cc1ccccn1)CC(C)(C)CO. The van der Waals surface area contributed by atoms with Gasteiger partial charge in [-0.3, -0.25) is 9.88 Å². The van der Waals surface area contributed by atoms with Crippen molar-refractivity contribution in [3.63, 3.8) is 0 Å². The highest BCUT2D eigenvalue weighted by atomic mass is 16.3. The Kier molecular flexibility index (Phi) is 4.90. The van der Waals surface area contributed by atoms with E-state index in [1.54, 1.807) is 0 Å². The molecule has 1 N–H and O–H groups in total. The second-order valence-electron chi connectivity index (χ2n) is 4.95. The molecule has 1 heterocycles. The molecule has 16 heavy (non-hydrogen) atoms. The molecular weight excluding hydrogens is 200 g/mol. The number of nitrogens with zero attached hydrogens (tertiary/aromatic N) is 2. The molecule has 0 saturated heterocycles. The molecule has 0 atom stereocenters. The Bertz CT molecular complexity index is 298. The molecule has 0 amide bonds. The van der Waals surface area contributed by atoms with E-state index in [4.69, 9.17) is 0 Å². The van der Waals surface area contributed by atoms with Crippen molar-refractivity contribution in [2.45, 2.75) is 27.3 Å². The molecule has 0 aliphatic heterocycles. The van der Waals surface area contributed by atoms with Crippen LogP contribution in [-0.2, 0) is 6.54 Å². The molecule has 0 unspecified atom stereocenters. The van der Waals surface area contributed by atoms with E-state index in [0.29, 0.717) is 0 Å². The third-order valence-corrected chi connectivity index (χ3v) is 2.64. The summed E-state index contributed by atoms with van der Waals surface area (Å²) in [5, 5.41) is 9.26. The molecule has 0 bridgehead atoms. The fourth-order valence-electron chi connectivity index (χ4n) is 1.66. The molecule has 0 fully saturated rings. The van der Waals surface area contributed by atoms with Gasteiger partial charge in [-0.25, -0.2) is 0 Å². The second kappa shape index (κ2) is 5.97. The quantitative estimate of drug-likeness (QED) is 0.799. The van der Waals surface area contributed by atoms with E-state index in [9.17, 15) is 5.11 Å². The van der Waals surface area contributed by atoms with Gasteiger partial charge in [-0.15, -0.1) is 0 Å². The molecular formula is C13H22N2O. The standard InChI is InChI=1S/C13H22N2O/c1-4-15(10-13(2,3)11-16)9-12-7-5-6-8-14-12/h5-8,16H,4,9-11H2,1-3H3. The smallest absolute Gasteiger partial charge is 0.0543 e. The van der Waals surface area contributed by atoms with Crippen LogP contribution in [0.15, 0.2) is 24.4 Å². The normalized spacial score (nSPS) is 12.1. The van der Waals surface area contributed by atoms with Crippen LogP contribution in [0, 0.1) is 5.41 Å². The molecule has 3 nitrogen and oxygen atoms in total. The second-order valence-corrected chi connectivity index (χ2v) is 4.95. The van der Waals surface area contributed by atoms with Crippen molar-refractivity contribution < 1.29 is 5.11 Å². The summed E-state index contributed by atoms with van der Waals surface area (Å²) in [5.74, 6) is 0. The molecule has 0 spiro atoms. The van der Waals surface area contributed by atoms with E-state index in [-0.39, 0.29) is 12.0 Å². The Labute approximate surface area is 98.1 Å². The average molecular weight is 222 g/mol. The fraction of sp³-hybridized carbons (Fsp3) is 0.615. The van der Waals surface area contributed by atoms with Crippen LogP contribution >= 0.6 is 0 Å². The predicted octanol–water partition coefficient (Wildman–Crippen LogP) is 1.92. The Morgan fingerprint density at radius 1 is 1.38 bits per heavy atom. The van der Waals surface area contributed by atoms with E-state index in [1.165, 1.54) is 0 Å². The van der Waals surface area contributed by atoms with Crippen LogP contribution < -0.4 is 0 Å². The first-order valence-corrected chi connectivity index (χ1v) is 5.80. The maximum atomic E-state index is 9.26. The Morgan fingerprint density at radius 2 is 2.12 bits per heavy atom. The van der Waals surface area contributed by atoms with Crippen LogP contribution in [0.4, 0.5) is 0 Å². The van der Waals surface area contributed by atoms with Crippen molar-refractivity contribution in [1.29, 1.82) is 0 Å². The molecule has 0 aliphatic carbocycles. The van der Waals surface area contributed by atoms with Gasteiger partial charge in [0.15, 0.2) is 0 Å². The van der Waals surface area contributed by atoms with Gasteiger partial charge in [0.25, 0.3) is 0 Å². The van der Waals surface area contributed by atoms with Crippen molar-refractivity contribution in [1.82, 2.24) is 9.88 Å². The first-order chi connectivity index (χ1) is 7.57. The summed E-state index contributed by atoms with van der Waals surface area (Å²) < 4.78 is 0. The number of aromatic nitrogens is 1. The van der Waals surface area contributed by atoms with Crippen LogP contribution in [0.1, 0.15) is 26.5 Å². The van der Waals surface area contributed by atoms with Crippen molar-refractivity contribution in [3.8, 4) is 0 Å². The number of aliphatic hydroxyl groups excluding tert-OH is 1. The van der Waals surface area contributed by atoms with Crippen LogP contribution in [-0.4, -0.2) is 34.7 Å². The van der Waals surface area contributed by atoms with Crippen molar-refractivity contribution >= 4 is 0 Å². The van der Waals surface area contributed by atoms with Crippen LogP contribution in [0.5, 0.6) is 0 Å². The molecule has 1 rings (SSSR count). The molecule has 0 radical (unpaired) electrons. The predicted molar refractivity (Wildman–Crippen MR) is 66.1 cm³/mol. The monoisotopic (exact) mass is 222 g/mol. The van der Waals surface area contributed by atoms with E-state index >= 15 is 0 Å². The number of aliphatic hydroxyl groups is 1.